The molecule has 23 heavy (non-hydrogen) atoms. The lowest BCUT2D eigenvalue weighted by Gasteiger charge is -2.14. The Kier molecular flexibility index (Phi) is 3.50. The van der Waals surface area contributed by atoms with Crippen molar-refractivity contribution in [3.8, 4) is 5.75 Å². The Labute approximate surface area is 139 Å². The van der Waals surface area contributed by atoms with Crippen molar-refractivity contribution >= 4 is 28.5 Å². The molecule has 2 atom stereocenters. The highest BCUT2D eigenvalue weighted by atomic mass is 35.5. The van der Waals surface area contributed by atoms with Gasteiger partial charge < -0.3 is 19.8 Å². The Morgan fingerprint density at radius 1 is 1.35 bits per heavy atom. The van der Waals surface area contributed by atoms with Crippen LogP contribution in [0.4, 0.5) is 0 Å². The lowest BCUT2D eigenvalue weighted by molar-refractivity contribution is 0.0755. The van der Waals surface area contributed by atoms with E-state index in [1.165, 1.54) is 12.8 Å². The van der Waals surface area contributed by atoms with E-state index in [4.69, 9.17) is 26.5 Å². The van der Waals surface area contributed by atoms with E-state index in [9.17, 15) is 4.79 Å². The lowest BCUT2D eigenvalue weighted by Crippen LogP contribution is -2.32. The molecular formula is C17H19ClN2O3. The molecule has 1 amide bonds. The third-order valence-electron chi connectivity index (χ3n) is 4.90. The Morgan fingerprint density at radius 2 is 2.13 bits per heavy atom. The largest absolute Gasteiger partial charge is 0.493 e. The van der Waals surface area contributed by atoms with Crippen molar-refractivity contribution in [1.29, 1.82) is 0 Å². The first-order valence-corrected chi connectivity index (χ1v) is 8.26. The molecule has 2 N–H and O–H groups in total. The topological polar surface area (TPSA) is 68.7 Å². The summed E-state index contributed by atoms with van der Waals surface area (Å²) in [6.45, 7) is 1.31. The minimum atomic E-state index is -0.113. The molecule has 0 unspecified atom stereocenters. The third-order valence-corrected chi connectivity index (χ3v) is 5.12. The number of halogens is 1. The molecule has 0 bridgehead atoms. The number of carbonyl (C=O) groups excluding carboxylic acids is 1. The maximum absolute atomic E-state index is 12.7. The molecule has 5 nitrogen and oxygen atoms in total. The first-order chi connectivity index (χ1) is 11.1. The van der Waals surface area contributed by atoms with Crippen LogP contribution in [0.2, 0.25) is 5.02 Å². The summed E-state index contributed by atoms with van der Waals surface area (Å²) in [6, 6.07) is 5.24. The third kappa shape index (κ3) is 2.58. The van der Waals surface area contributed by atoms with Gasteiger partial charge in [-0.3, -0.25) is 4.79 Å². The van der Waals surface area contributed by atoms with Crippen LogP contribution in [0.3, 0.4) is 0 Å². The summed E-state index contributed by atoms with van der Waals surface area (Å²) in [6.07, 6.45) is 2.47. The zero-order valence-corrected chi connectivity index (χ0v) is 13.7. The van der Waals surface area contributed by atoms with Crippen LogP contribution in [0.25, 0.3) is 11.0 Å². The van der Waals surface area contributed by atoms with Crippen molar-refractivity contribution < 1.29 is 13.9 Å². The van der Waals surface area contributed by atoms with E-state index in [1.807, 2.05) is 0 Å². The molecule has 1 aromatic carbocycles. The zero-order chi connectivity index (χ0) is 16.1. The molecule has 2 aliphatic rings. The first-order valence-electron chi connectivity index (χ1n) is 7.88. The predicted octanol–water partition coefficient (Wildman–Crippen LogP) is 2.90. The molecule has 6 heteroatoms. The van der Waals surface area contributed by atoms with Gasteiger partial charge in [0.15, 0.2) is 17.1 Å². The lowest BCUT2D eigenvalue weighted by atomic mass is 9.99. The van der Waals surface area contributed by atoms with Crippen molar-refractivity contribution in [1.82, 2.24) is 4.90 Å². The van der Waals surface area contributed by atoms with Crippen LogP contribution in [-0.2, 0) is 0 Å². The quantitative estimate of drug-likeness (QED) is 0.937. The summed E-state index contributed by atoms with van der Waals surface area (Å²) in [5.74, 6) is 1.84. The molecule has 4 rings (SSSR count). The van der Waals surface area contributed by atoms with E-state index in [-0.39, 0.29) is 11.9 Å². The second-order valence-corrected chi connectivity index (χ2v) is 6.95. The van der Waals surface area contributed by atoms with E-state index >= 15 is 0 Å². The number of carbonyl (C=O) groups is 1. The van der Waals surface area contributed by atoms with E-state index in [2.05, 4.69) is 0 Å². The molecule has 122 valence electrons. The predicted molar refractivity (Wildman–Crippen MR) is 87.9 cm³/mol. The number of amides is 1. The number of nitrogens with two attached hydrogens (primary N) is 1. The molecule has 1 saturated heterocycles. The fourth-order valence-electron chi connectivity index (χ4n) is 3.54. The number of benzene rings is 1. The molecule has 0 radical (unpaired) electrons. The van der Waals surface area contributed by atoms with Crippen LogP contribution in [0.5, 0.6) is 5.75 Å². The summed E-state index contributed by atoms with van der Waals surface area (Å²) >= 11 is 6.07. The molecule has 1 saturated carbocycles. The molecular weight excluding hydrogens is 316 g/mol. The van der Waals surface area contributed by atoms with Gasteiger partial charge in [-0.1, -0.05) is 11.6 Å². The monoisotopic (exact) mass is 334 g/mol. The number of hydrogen-bond acceptors (Lipinski definition) is 4. The number of fused-ring (bicyclic) bond motifs is 1. The van der Waals surface area contributed by atoms with E-state index < -0.39 is 0 Å². The van der Waals surface area contributed by atoms with Crippen LogP contribution in [0, 0.1) is 11.8 Å². The Hall–Kier alpha value is -1.72. The summed E-state index contributed by atoms with van der Waals surface area (Å²) < 4.78 is 11.0. The standard InChI is InChI=1S/C17H19ClN2O3/c1-22-14-6-11(18)4-10-5-15(23-16(10)14)17(21)20-7-12(9-2-3-9)13(19)8-20/h4-6,9,12-13H,2-3,7-8,19H2,1H3/t12-,13+/m1/s1. The molecule has 2 fully saturated rings. The number of methoxy groups -OCH3 is 1. The normalized spacial score (nSPS) is 24.4. The summed E-state index contributed by atoms with van der Waals surface area (Å²) in [5.41, 5.74) is 6.75. The van der Waals surface area contributed by atoms with Gasteiger partial charge in [0.05, 0.1) is 7.11 Å². The SMILES string of the molecule is COc1cc(Cl)cc2cc(C(=O)N3C[C@H](C4CC4)[C@@H](N)C3)oc12. The molecule has 1 aromatic heterocycles. The number of furan rings is 1. The number of likely N-dealkylation sites (tertiary alicyclic amines) is 1. The van der Waals surface area contributed by atoms with Crippen molar-refractivity contribution in [2.45, 2.75) is 18.9 Å². The number of ether oxygens (including phenoxy) is 1. The second-order valence-electron chi connectivity index (χ2n) is 6.51. The van der Waals surface area contributed by atoms with Crippen LogP contribution >= 0.6 is 11.6 Å². The van der Waals surface area contributed by atoms with E-state index in [0.29, 0.717) is 40.5 Å². The van der Waals surface area contributed by atoms with E-state index in [0.717, 1.165) is 11.9 Å². The molecule has 2 heterocycles. The van der Waals surface area contributed by atoms with Gasteiger partial charge in [-0.2, -0.15) is 0 Å². The molecule has 1 aliphatic carbocycles. The fraction of sp³-hybridized carbons (Fsp3) is 0.471. The van der Waals surface area contributed by atoms with Crippen LogP contribution in [-0.4, -0.2) is 37.0 Å². The van der Waals surface area contributed by atoms with Crippen molar-refractivity contribution in [2.24, 2.45) is 17.6 Å². The smallest absolute Gasteiger partial charge is 0.289 e. The summed E-state index contributed by atoms with van der Waals surface area (Å²) in [7, 11) is 1.55. The van der Waals surface area contributed by atoms with Gasteiger partial charge in [-0.25, -0.2) is 0 Å². The highest BCUT2D eigenvalue weighted by molar-refractivity contribution is 6.31. The highest BCUT2D eigenvalue weighted by Gasteiger charge is 2.42. The van der Waals surface area contributed by atoms with Gasteiger partial charge >= 0.3 is 0 Å². The van der Waals surface area contributed by atoms with Gasteiger partial charge in [0.2, 0.25) is 0 Å². The van der Waals surface area contributed by atoms with Gasteiger partial charge in [0, 0.05) is 35.6 Å². The molecule has 1 aliphatic heterocycles. The minimum absolute atomic E-state index is 0.0693. The molecule has 0 spiro atoms. The zero-order valence-electron chi connectivity index (χ0n) is 12.9. The summed E-state index contributed by atoms with van der Waals surface area (Å²) in [4.78, 5) is 14.5. The van der Waals surface area contributed by atoms with E-state index in [1.54, 1.807) is 30.2 Å². The van der Waals surface area contributed by atoms with Gasteiger partial charge in [-0.05, 0) is 36.8 Å². The Bertz CT molecular complexity index is 769. The number of hydrogen-bond donors (Lipinski definition) is 1. The van der Waals surface area contributed by atoms with Crippen molar-refractivity contribution in [3.05, 3.63) is 29.0 Å². The maximum Gasteiger partial charge on any atom is 0.289 e. The van der Waals surface area contributed by atoms with Gasteiger partial charge in [0.1, 0.15) is 0 Å². The minimum Gasteiger partial charge on any atom is -0.493 e. The molecule has 2 aromatic rings. The van der Waals surface area contributed by atoms with Gasteiger partial charge in [-0.15, -0.1) is 0 Å². The van der Waals surface area contributed by atoms with Gasteiger partial charge in [0.25, 0.3) is 5.91 Å². The van der Waals surface area contributed by atoms with Crippen LogP contribution in [0.15, 0.2) is 22.6 Å². The number of nitrogens with zero attached hydrogens (tertiary/aromatic N) is 1. The maximum atomic E-state index is 12.7. The Balaban J connectivity index is 1.62. The van der Waals surface area contributed by atoms with Crippen molar-refractivity contribution in [2.75, 3.05) is 20.2 Å². The average Bonchev–Trinajstić information content (AvgIpc) is 3.16. The fourth-order valence-corrected chi connectivity index (χ4v) is 3.76. The Morgan fingerprint density at radius 3 is 2.83 bits per heavy atom. The average molecular weight is 335 g/mol. The van der Waals surface area contributed by atoms with Crippen molar-refractivity contribution in [3.63, 3.8) is 0 Å². The second kappa shape index (κ2) is 5.42. The number of rotatable bonds is 3. The highest BCUT2D eigenvalue weighted by Crippen LogP contribution is 2.41. The van der Waals surface area contributed by atoms with Crippen LogP contribution in [0.1, 0.15) is 23.4 Å². The first kappa shape index (κ1) is 14.8. The summed E-state index contributed by atoms with van der Waals surface area (Å²) in [5, 5.41) is 1.31. The van der Waals surface area contributed by atoms with Crippen LogP contribution < -0.4 is 10.5 Å².